The molecule has 5 unspecified atom stereocenters. The highest BCUT2D eigenvalue weighted by Crippen LogP contribution is 2.34. The average molecular weight is 853 g/mol. The van der Waals surface area contributed by atoms with Crippen LogP contribution in [0.3, 0.4) is 0 Å². The standard InChI is InChI=1S/C33H56O13S6/c1-32(2,3)19-40-20-33(4,5)31(46-27(39)11-17-52)30(45-26(38)10-16-51)29(44-25(37)9-15-50)28(43-24(36)8-14-49)21(42-23(35)7-13-48)18-41-22(34)6-12-47/h21,28-31,47-52H,6-20H2,1-5H3. The number of hydrogen-bond acceptors (Lipinski definition) is 19. The summed E-state index contributed by atoms with van der Waals surface area (Å²) in [6.45, 7) is 8.83. The first-order valence-electron chi connectivity index (χ1n) is 16.8. The summed E-state index contributed by atoms with van der Waals surface area (Å²) in [7, 11) is 0. The van der Waals surface area contributed by atoms with Crippen molar-refractivity contribution in [3.05, 3.63) is 0 Å². The number of esters is 6. The van der Waals surface area contributed by atoms with E-state index in [2.05, 4.69) is 75.8 Å². The Morgan fingerprint density at radius 3 is 1.25 bits per heavy atom. The van der Waals surface area contributed by atoms with E-state index < -0.39 is 78.4 Å². The summed E-state index contributed by atoms with van der Waals surface area (Å²) in [5, 5.41) is 0. The Morgan fingerprint density at radius 1 is 0.462 bits per heavy atom. The molecule has 0 amide bonds. The van der Waals surface area contributed by atoms with Gasteiger partial charge in [-0.25, -0.2) is 0 Å². The molecule has 0 aliphatic carbocycles. The fraction of sp³-hybridized carbons (Fsp3) is 0.818. The van der Waals surface area contributed by atoms with E-state index in [4.69, 9.17) is 33.2 Å². The molecule has 0 heterocycles. The summed E-state index contributed by atoms with van der Waals surface area (Å²) < 4.78 is 40.9. The van der Waals surface area contributed by atoms with Gasteiger partial charge in [-0.05, 0) is 5.41 Å². The predicted octanol–water partition coefficient (Wildman–Crippen LogP) is 4.10. The van der Waals surface area contributed by atoms with Crippen LogP contribution in [0, 0.1) is 10.8 Å². The van der Waals surface area contributed by atoms with Gasteiger partial charge in [-0.15, -0.1) is 0 Å². The first kappa shape index (κ1) is 50.9. The van der Waals surface area contributed by atoms with Gasteiger partial charge in [0.25, 0.3) is 0 Å². The monoisotopic (exact) mass is 852 g/mol. The van der Waals surface area contributed by atoms with Crippen molar-refractivity contribution in [3.8, 4) is 0 Å². The number of carbonyl (C=O) groups excluding carboxylic acids is 6. The molecule has 5 atom stereocenters. The Hall–Kier alpha value is -1.12. The van der Waals surface area contributed by atoms with Gasteiger partial charge in [-0.3, -0.25) is 28.8 Å². The summed E-state index contributed by atoms with van der Waals surface area (Å²) in [5.41, 5.74) is -1.44. The van der Waals surface area contributed by atoms with Crippen LogP contribution in [-0.2, 0) is 61.9 Å². The van der Waals surface area contributed by atoms with Crippen LogP contribution in [-0.4, -0.2) is 121 Å². The number of carbonyl (C=O) groups is 6. The van der Waals surface area contributed by atoms with E-state index in [0.29, 0.717) is 6.61 Å². The third-order valence-electron chi connectivity index (χ3n) is 6.74. The molecule has 0 N–H and O–H groups in total. The van der Waals surface area contributed by atoms with Crippen LogP contribution >= 0.6 is 75.8 Å². The van der Waals surface area contributed by atoms with Gasteiger partial charge < -0.3 is 33.2 Å². The molecule has 0 aliphatic heterocycles. The number of ether oxygens (including phenoxy) is 7. The lowest BCUT2D eigenvalue weighted by Gasteiger charge is -2.43. The molecule has 0 radical (unpaired) electrons. The Morgan fingerprint density at radius 2 is 0.827 bits per heavy atom. The average Bonchev–Trinajstić information content (AvgIpc) is 3.02. The zero-order chi connectivity index (χ0) is 39.9. The van der Waals surface area contributed by atoms with E-state index in [0.717, 1.165) is 0 Å². The summed E-state index contributed by atoms with van der Waals surface area (Å²) in [6, 6.07) is 0. The molecule has 0 rings (SSSR count). The van der Waals surface area contributed by atoms with Crippen LogP contribution in [0.4, 0.5) is 0 Å². The lowest BCUT2D eigenvalue weighted by Crippen LogP contribution is -2.60. The van der Waals surface area contributed by atoms with Gasteiger partial charge in [-0.1, -0.05) is 34.6 Å². The Labute approximate surface area is 340 Å². The molecule has 0 bridgehead atoms. The van der Waals surface area contributed by atoms with E-state index in [-0.39, 0.29) is 85.1 Å². The maximum absolute atomic E-state index is 13.3. The van der Waals surface area contributed by atoms with E-state index >= 15 is 0 Å². The van der Waals surface area contributed by atoms with Gasteiger partial charge >= 0.3 is 35.8 Å². The van der Waals surface area contributed by atoms with Crippen molar-refractivity contribution in [2.24, 2.45) is 10.8 Å². The molecule has 19 heteroatoms. The van der Waals surface area contributed by atoms with Crippen molar-refractivity contribution < 1.29 is 61.9 Å². The first-order chi connectivity index (χ1) is 24.4. The van der Waals surface area contributed by atoms with E-state index in [1.54, 1.807) is 13.8 Å². The highest BCUT2D eigenvalue weighted by atomic mass is 32.1. The minimum atomic E-state index is -1.83. The number of hydrogen-bond donors (Lipinski definition) is 6. The topological polar surface area (TPSA) is 167 Å². The quantitative estimate of drug-likeness (QED) is 0.0398. The second-order valence-corrected chi connectivity index (χ2v) is 16.1. The number of rotatable bonds is 27. The lowest BCUT2D eigenvalue weighted by atomic mass is 9.80. The second-order valence-electron chi connectivity index (χ2n) is 13.4. The van der Waals surface area contributed by atoms with Gasteiger partial charge in [0.05, 0.1) is 51.7 Å². The zero-order valence-electron chi connectivity index (χ0n) is 30.5. The zero-order valence-corrected chi connectivity index (χ0v) is 35.9. The Balaban J connectivity index is 7.86. The maximum atomic E-state index is 13.3. The van der Waals surface area contributed by atoms with Crippen LogP contribution in [0.2, 0.25) is 0 Å². The fourth-order valence-corrected chi connectivity index (χ4v) is 5.50. The SMILES string of the molecule is CC(C)(C)COCC(C)(C)C(OC(=O)CCS)C(OC(=O)CCS)C(OC(=O)CCS)C(OC(=O)CCS)C(COC(=O)CCS)OC(=O)CCS. The van der Waals surface area contributed by atoms with Crippen LogP contribution in [0.15, 0.2) is 0 Å². The molecule has 0 aromatic heterocycles. The molecule has 0 spiro atoms. The van der Waals surface area contributed by atoms with Crippen molar-refractivity contribution in [1.82, 2.24) is 0 Å². The second kappa shape index (κ2) is 27.5. The van der Waals surface area contributed by atoms with Gasteiger partial charge in [0.15, 0.2) is 24.4 Å². The van der Waals surface area contributed by atoms with E-state index in [9.17, 15) is 28.8 Å². The van der Waals surface area contributed by atoms with Crippen LogP contribution in [0.5, 0.6) is 0 Å². The Bertz CT molecular complexity index is 1120. The molecule has 0 saturated carbocycles. The van der Waals surface area contributed by atoms with Crippen LogP contribution < -0.4 is 0 Å². The minimum Gasteiger partial charge on any atom is -0.462 e. The van der Waals surface area contributed by atoms with Crippen molar-refractivity contribution in [2.45, 2.75) is 104 Å². The molecule has 0 saturated heterocycles. The summed E-state index contributed by atoms with van der Waals surface area (Å²) >= 11 is 24.7. The Kier molecular flexibility index (Phi) is 26.9. The smallest absolute Gasteiger partial charge is 0.307 e. The molecule has 0 aromatic rings. The van der Waals surface area contributed by atoms with Crippen molar-refractivity contribution in [1.29, 1.82) is 0 Å². The molecular formula is C33H56O13S6. The minimum absolute atomic E-state index is 0.0357. The third kappa shape index (κ3) is 21.7. The van der Waals surface area contributed by atoms with Crippen LogP contribution in [0.25, 0.3) is 0 Å². The molecule has 0 aliphatic rings. The predicted molar refractivity (Wildman–Crippen MR) is 215 cm³/mol. The largest absolute Gasteiger partial charge is 0.462 e. The van der Waals surface area contributed by atoms with E-state index in [1.807, 2.05) is 20.8 Å². The normalized spacial score (nSPS) is 14.6. The van der Waals surface area contributed by atoms with Gasteiger partial charge in [0, 0.05) is 39.9 Å². The molecule has 0 fully saturated rings. The van der Waals surface area contributed by atoms with Crippen LogP contribution in [0.1, 0.15) is 73.1 Å². The molecular weight excluding hydrogens is 797 g/mol. The number of thiol groups is 6. The molecule has 302 valence electrons. The maximum Gasteiger partial charge on any atom is 0.307 e. The highest BCUT2D eigenvalue weighted by molar-refractivity contribution is 7.81. The van der Waals surface area contributed by atoms with Crippen molar-refractivity contribution in [2.75, 3.05) is 54.3 Å². The highest BCUT2D eigenvalue weighted by Gasteiger charge is 2.53. The van der Waals surface area contributed by atoms with Crippen molar-refractivity contribution >= 4 is 112 Å². The van der Waals surface area contributed by atoms with Gasteiger partial charge in [0.1, 0.15) is 12.7 Å². The lowest BCUT2D eigenvalue weighted by molar-refractivity contribution is -0.225. The molecule has 52 heavy (non-hydrogen) atoms. The van der Waals surface area contributed by atoms with Gasteiger partial charge in [0.2, 0.25) is 0 Å². The van der Waals surface area contributed by atoms with E-state index in [1.165, 1.54) is 0 Å². The molecule has 0 aromatic carbocycles. The molecule has 13 nitrogen and oxygen atoms in total. The summed E-state index contributed by atoms with van der Waals surface area (Å²) in [4.78, 5) is 78.5. The summed E-state index contributed by atoms with van der Waals surface area (Å²) in [6.07, 6.45) is -9.59. The van der Waals surface area contributed by atoms with Gasteiger partial charge in [-0.2, -0.15) is 75.8 Å². The first-order valence-corrected chi connectivity index (χ1v) is 20.5. The third-order valence-corrected chi connectivity index (χ3v) is 8.08. The fourth-order valence-electron chi connectivity index (χ4n) is 4.40. The summed E-state index contributed by atoms with van der Waals surface area (Å²) in [5.74, 6) is -4.39. The van der Waals surface area contributed by atoms with Crippen molar-refractivity contribution in [3.63, 3.8) is 0 Å².